The molecule has 0 rings (SSSR count). The molecule has 0 aliphatic rings. The molecule has 7 nitrogen and oxygen atoms in total. The van der Waals surface area contributed by atoms with E-state index < -0.39 is 12.0 Å². The molecule has 0 aromatic carbocycles. The van der Waals surface area contributed by atoms with Gasteiger partial charge in [-0.25, -0.2) is 4.79 Å². The predicted octanol–water partition coefficient (Wildman–Crippen LogP) is 11.6. The standard InChI is InChI=1S/C45H76N2O5/c1-3-5-7-9-11-13-15-16-17-18-20-22-24-29-33-39-44(49)52-41(35-30-26-23-21-19-14-12-10-8-6-4-2)36-31-27-25-28-32-38-43(48)47-42(45(50)51)37-34-40-46/h5,7,11,13,16-17,20-23,29,33,41-42H,3-4,6,8-10,12,14-15,18-19,24-28,30-32,34-40,46H2,1-2H3,(H,47,48)(H,50,51)/b7-5-,13-11-,17-16-,22-20-,23-21-,33-29-. The van der Waals surface area contributed by atoms with Crippen LogP contribution in [0.5, 0.6) is 0 Å². The number of nitrogens with two attached hydrogens (primary N) is 1. The van der Waals surface area contributed by atoms with Crippen molar-refractivity contribution < 1.29 is 24.2 Å². The summed E-state index contributed by atoms with van der Waals surface area (Å²) in [5.41, 5.74) is 5.48. The second-order valence-electron chi connectivity index (χ2n) is 13.7. The van der Waals surface area contributed by atoms with Gasteiger partial charge in [-0.15, -0.1) is 0 Å². The maximum Gasteiger partial charge on any atom is 0.326 e. The molecule has 0 saturated heterocycles. The van der Waals surface area contributed by atoms with Gasteiger partial charge in [0.05, 0.1) is 6.42 Å². The van der Waals surface area contributed by atoms with Gasteiger partial charge in [-0.2, -0.15) is 0 Å². The fourth-order valence-electron chi connectivity index (χ4n) is 5.70. The predicted molar refractivity (Wildman–Crippen MR) is 220 cm³/mol. The van der Waals surface area contributed by atoms with Crippen molar-refractivity contribution in [3.63, 3.8) is 0 Å². The molecular formula is C45H76N2O5. The minimum Gasteiger partial charge on any atom is -0.480 e. The summed E-state index contributed by atoms with van der Waals surface area (Å²) in [5.74, 6) is -1.40. The maximum atomic E-state index is 12.7. The largest absolute Gasteiger partial charge is 0.480 e. The molecule has 4 N–H and O–H groups in total. The maximum absolute atomic E-state index is 12.7. The molecule has 0 fully saturated rings. The van der Waals surface area contributed by atoms with Crippen LogP contribution in [0.3, 0.4) is 0 Å². The zero-order valence-electron chi connectivity index (χ0n) is 33.1. The van der Waals surface area contributed by atoms with Gasteiger partial charge in [0.2, 0.25) is 5.91 Å². The van der Waals surface area contributed by atoms with E-state index in [2.05, 4.69) is 79.9 Å². The minimum atomic E-state index is -1.01. The number of unbranched alkanes of at least 4 members (excludes halogenated alkanes) is 11. The molecule has 52 heavy (non-hydrogen) atoms. The molecule has 0 aromatic rings. The zero-order valence-corrected chi connectivity index (χ0v) is 33.1. The molecule has 0 heterocycles. The monoisotopic (exact) mass is 725 g/mol. The van der Waals surface area contributed by atoms with Crippen molar-refractivity contribution in [3.05, 3.63) is 72.9 Å². The first-order valence-electron chi connectivity index (χ1n) is 20.8. The number of amides is 1. The van der Waals surface area contributed by atoms with E-state index in [1.165, 1.54) is 38.5 Å². The highest BCUT2D eigenvalue weighted by Gasteiger charge is 2.19. The Morgan fingerprint density at radius 2 is 1.12 bits per heavy atom. The molecule has 0 aliphatic heterocycles. The summed E-state index contributed by atoms with van der Waals surface area (Å²) in [7, 11) is 0. The second-order valence-corrected chi connectivity index (χ2v) is 13.7. The molecule has 0 saturated carbocycles. The minimum absolute atomic E-state index is 0.0746. The molecule has 0 spiro atoms. The van der Waals surface area contributed by atoms with Crippen molar-refractivity contribution in [1.82, 2.24) is 5.32 Å². The number of hydrogen-bond donors (Lipinski definition) is 3. The van der Waals surface area contributed by atoms with E-state index >= 15 is 0 Å². The van der Waals surface area contributed by atoms with Gasteiger partial charge >= 0.3 is 11.9 Å². The summed E-state index contributed by atoms with van der Waals surface area (Å²) in [6.45, 7) is 4.80. The molecule has 0 aliphatic carbocycles. The Bertz CT molecular complexity index is 1040. The number of carboxylic acids is 1. The number of nitrogens with one attached hydrogen (secondary N) is 1. The third-order valence-electron chi connectivity index (χ3n) is 8.79. The van der Waals surface area contributed by atoms with E-state index in [-0.39, 0.29) is 18.0 Å². The zero-order chi connectivity index (χ0) is 38.2. The van der Waals surface area contributed by atoms with Gasteiger partial charge in [0, 0.05) is 6.42 Å². The van der Waals surface area contributed by atoms with E-state index in [1.807, 2.05) is 12.2 Å². The summed E-state index contributed by atoms with van der Waals surface area (Å²) in [5, 5.41) is 11.9. The van der Waals surface area contributed by atoms with Crippen LogP contribution in [0.4, 0.5) is 0 Å². The number of carboxylic acid groups (broad SMARTS) is 1. The van der Waals surface area contributed by atoms with Crippen LogP contribution in [0.2, 0.25) is 0 Å². The SMILES string of the molecule is CC/C=C\C/C=C\C/C=C\C/C=C\C/C=C\CC(=O)OC(CCC/C=C\CCCCCCCC)CCCCCCCC(=O)NC(CCCN)C(=O)O. The van der Waals surface area contributed by atoms with Crippen molar-refractivity contribution in [3.8, 4) is 0 Å². The van der Waals surface area contributed by atoms with Crippen molar-refractivity contribution in [2.45, 2.75) is 187 Å². The Labute approximate surface area is 318 Å². The lowest BCUT2D eigenvalue weighted by atomic mass is 10.0. The Balaban J connectivity index is 4.52. The summed E-state index contributed by atoms with van der Waals surface area (Å²) in [4.78, 5) is 36.2. The Morgan fingerprint density at radius 3 is 1.71 bits per heavy atom. The summed E-state index contributed by atoms with van der Waals surface area (Å²) in [6, 6.07) is -0.868. The lowest BCUT2D eigenvalue weighted by Gasteiger charge is -2.17. The van der Waals surface area contributed by atoms with Crippen LogP contribution in [0.1, 0.15) is 174 Å². The molecule has 296 valence electrons. The number of rotatable bonds is 36. The first-order chi connectivity index (χ1) is 25.4. The Morgan fingerprint density at radius 1 is 0.596 bits per heavy atom. The highest BCUT2D eigenvalue weighted by molar-refractivity contribution is 5.83. The van der Waals surface area contributed by atoms with E-state index in [4.69, 9.17) is 10.5 Å². The smallest absolute Gasteiger partial charge is 0.326 e. The van der Waals surface area contributed by atoms with E-state index in [9.17, 15) is 19.5 Å². The summed E-state index contributed by atoms with van der Waals surface area (Å²) < 4.78 is 5.95. The van der Waals surface area contributed by atoms with E-state index in [0.717, 1.165) is 96.3 Å². The van der Waals surface area contributed by atoms with Crippen molar-refractivity contribution in [1.29, 1.82) is 0 Å². The van der Waals surface area contributed by atoms with Crippen LogP contribution in [-0.4, -0.2) is 41.6 Å². The van der Waals surface area contributed by atoms with Crippen LogP contribution in [0.15, 0.2) is 72.9 Å². The van der Waals surface area contributed by atoms with Gasteiger partial charge < -0.3 is 20.9 Å². The Hall–Kier alpha value is -3.19. The third kappa shape index (κ3) is 35.2. The first kappa shape index (κ1) is 48.8. The van der Waals surface area contributed by atoms with Crippen LogP contribution < -0.4 is 11.1 Å². The highest BCUT2D eigenvalue weighted by Crippen LogP contribution is 2.17. The van der Waals surface area contributed by atoms with Gasteiger partial charge in [-0.05, 0) is 103 Å². The lowest BCUT2D eigenvalue weighted by molar-refractivity contribution is -0.148. The van der Waals surface area contributed by atoms with Gasteiger partial charge in [-0.1, -0.05) is 138 Å². The summed E-state index contributed by atoms with van der Waals surface area (Å²) >= 11 is 0. The van der Waals surface area contributed by atoms with Crippen LogP contribution >= 0.6 is 0 Å². The van der Waals surface area contributed by atoms with Gasteiger partial charge in [0.25, 0.3) is 0 Å². The second kappa shape index (κ2) is 39.0. The molecule has 7 heteroatoms. The lowest BCUT2D eigenvalue weighted by Crippen LogP contribution is -2.40. The van der Waals surface area contributed by atoms with Crippen LogP contribution in [0.25, 0.3) is 0 Å². The van der Waals surface area contributed by atoms with Crippen LogP contribution in [-0.2, 0) is 19.1 Å². The van der Waals surface area contributed by atoms with Crippen molar-refractivity contribution in [2.75, 3.05) is 6.54 Å². The van der Waals surface area contributed by atoms with Gasteiger partial charge in [0.15, 0.2) is 0 Å². The molecular weight excluding hydrogens is 649 g/mol. The van der Waals surface area contributed by atoms with Crippen LogP contribution in [0, 0.1) is 0 Å². The fraction of sp³-hybridized carbons (Fsp3) is 0.667. The average molecular weight is 725 g/mol. The van der Waals surface area contributed by atoms with E-state index in [0.29, 0.717) is 32.2 Å². The number of ether oxygens (including phenoxy) is 1. The topological polar surface area (TPSA) is 119 Å². The number of carbonyl (C=O) groups excluding carboxylic acids is 2. The molecule has 2 atom stereocenters. The highest BCUT2D eigenvalue weighted by atomic mass is 16.5. The Kier molecular flexibility index (Phi) is 36.6. The molecule has 0 aromatic heterocycles. The molecule has 0 radical (unpaired) electrons. The normalized spacial score (nSPS) is 13.4. The number of carbonyl (C=O) groups is 3. The third-order valence-corrected chi connectivity index (χ3v) is 8.79. The van der Waals surface area contributed by atoms with Crippen molar-refractivity contribution >= 4 is 17.8 Å². The molecule has 0 bridgehead atoms. The number of hydrogen-bond acceptors (Lipinski definition) is 5. The number of esters is 1. The molecule has 2 unspecified atom stereocenters. The van der Waals surface area contributed by atoms with Gasteiger partial charge in [0.1, 0.15) is 12.1 Å². The number of aliphatic carboxylic acids is 1. The average Bonchev–Trinajstić information content (AvgIpc) is 3.13. The quantitative estimate of drug-likeness (QED) is 0.0336. The molecule has 1 amide bonds. The summed E-state index contributed by atoms with van der Waals surface area (Å²) in [6.07, 6.45) is 49.6. The van der Waals surface area contributed by atoms with E-state index in [1.54, 1.807) is 0 Å². The first-order valence-corrected chi connectivity index (χ1v) is 20.8. The van der Waals surface area contributed by atoms with Gasteiger partial charge in [-0.3, -0.25) is 9.59 Å². The number of allylic oxidation sites excluding steroid dienone is 11. The fourth-order valence-corrected chi connectivity index (χ4v) is 5.70. The van der Waals surface area contributed by atoms with Crippen molar-refractivity contribution in [2.24, 2.45) is 5.73 Å².